The van der Waals surface area contributed by atoms with E-state index in [1.54, 1.807) is 0 Å². The van der Waals surface area contributed by atoms with E-state index in [0.29, 0.717) is 12.0 Å². The molecule has 1 aromatic rings. The van der Waals surface area contributed by atoms with Crippen molar-refractivity contribution in [1.82, 2.24) is 5.32 Å². The Morgan fingerprint density at radius 2 is 2.60 bits per heavy atom. The molecule has 2 atom stereocenters. The quantitative estimate of drug-likeness (QED) is 0.830. The van der Waals surface area contributed by atoms with Gasteiger partial charge in [0.2, 0.25) is 0 Å². The van der Waals surface area contributed by atoms with Crippen LogP contribution in [0.15, 0.2) is 17.5 Å². The molecule has 0 spiro atoms. The largest absolute Gasteiger partial charge is 0.380 e. The molecule has 2 unspecified atom stereocenters. The molecule has 1 aliphatic heterocycles. The Balaban J connectivity index is 1.66. The van der Waals surface area contributed by atoms with Gasteiger partial charge in [0.25, 0.3) is 0 Å². The first-order valence-corrected chi connectivity index (χ1v) is 6.56. The van der Waals surface area contributed by atoms with Crippen LogP contribution in [-0.4, -0.2) is 25.8 Å². The van der Waals surface area contributed by atoms with Crippen molar-refractivity contribution in [3.8, 4) is 0 Å². The van der Waals surface area contributed by atoms with Gasteiger partial charge < -0.3 is 10.1 Å². The average molecular weight is 225 g/mol. The van der Waals surface area contributed by atoms with Crippen molar-refractivity contribution in [2.45, 2.75) is 25.8 Å². The van der Waals surface area contributed by atoms with Gasteiger partial charge in [-0.2, -0.15) is 0 Å². The molecule has 2 nitrogen and oxygen atoms in total. The molecule has 0 aromatic carbocycles. The lowest BCUT2D eigenvalue weighted by Crippen LogP contribution is -2.33. The molecule has 2 rings (SSSR count). The highest BCUT2D eigenvalue weighted by Crippen LogP contribution is 2.14. The van der Waals surface area contributed by atoms with E-state index in [-0.39, 0.29) is 0 Å². The standard InChI is InChI=1S/C12H19NOS/c1-10(7-12-3-2-6-15-12)8-13-11-4-5-14-9-11/h2-3,6,10-11,13H,4-5,7-9H2,1H3. The molecule has 1 fully saturated rings. The molecule has 1 aliphatic rings. The van der Waals surface area contributed by atoms with E-state index in [2.05, 4.69) is 29.8 Å². The Bertz CT molecular complexity index is 267. The lowest BCUT2D eigenvalue weighted by Gasteiger charge is -2.15. The predicted octanol–water partition coefficient (Wildman–Crippen LogP) is 2.31. The summed E-state index contributed by atoms with van der Waals surface area (Å²) in [7, 11) is 0. The molecular weight excluding hydrogens is 206 g/mol. The minimum Gasteiger partial charge on any atom is -0.380 e. The summed E-state index contributed by atoms with van der Waals surface area (Å²) in [5, 5.41) is 5.73. The van der Waals surface area contributed by atoms with Crippen molar-refractivity contribution in [2.24, 2.45) is 5.92 Å². The van der Waals surface area contributed by atoms with Gasteiger partial charge in [-0.1, -0.05) is 13.0 Å². The summed E-state index contributed by atoms with van der Waals surface area (Å²) < 4.78 is 5.33. The minimum atomic E-state index is 0.593. The predicted molar refractivity (Wildman–Crippen MR) is 64.4 cm³/mol. The summed E-state index contributed by atoms with van der Waals surface area (Å²) in [6.45, 7) is 5.23. The molecule has 1 N–H and O–H groups in total. The van der Waals surface area contributed by atoms with Crippen molar-refractivity contribution in [3.63, 3.8) is 0 Å². The smallest absolute Gasteiger partial charge is 0.0620 e. The van der Waals surface area contributed by atoms with Crippen LogP contribution in [0.3, 0.4) is 0 Å². The summed E-state index contributed by atoms with van der Waals surface area (Å²) in [6.07, 6.45) is 2.37. The van der Waals surface area contributed by atoms with Crippen LogP contribution < -0.4 is 5.32 Å². The minimum absolute atomic E-state index is 0.593. The Morgan fingerprint density at radius 1 is 1.67 bits per heavy atom. The fourth-order valence-corrected chi connectivity index (χ4v) is 2.78. The maximum Gasteiger partial charge on any atom is 0.0620 e. The third-order valence-corrected chi connectivity index (χ3v) is 3.71. The van der Waals surface area contributed by atoms with E-state index in [1.165, 1.54) is 17.7 Å². The molecule has 15 heavy (non-hydrogen) atoms. The lowest BCUT2D eigenvalue weighted by atomic mass is 10.1. The first-order valence-electron chi connectivity index (χ1n) is 5.68. The second-order valence-electron chi connectivity index (χ2n) is 4.36. The van der Waals surface area contributed by atoms with Crippen LogP contribution in [0.4, 0.5) is 0 Å². The van der Waals surface area contributed by atoms with E-state index in [0.717, 1.165) is 19.8 Å². The van der Waals surface area contributed by atoms with Crippen LogP contribution >= 0.6 is 11.3 Å². The SMILES string of the molecule is CC(CNC1CCOC1)Cc1cccs1. The van der Waals surface area contributed by atoms with Crippen molar-refractivity contribution in [1.29, 1.82) is 0 Å². The Labute approximate surface area is 95.6 Å². The van der Waals surface area contributed by atoms with Gasteiger partial charge in [0.15, 0.2) is 0 Å². The fourth-order valence-electron chi connectivity index (χ4n) is 1.91. The summed E-state index contributed by atoms with van der Waals surface area (Å²) in [4.78, 5) is 1.49. The number of thiophene rings is 1. The van der Waals surface area contributed by atoms with Crippen molar-refractivity contribution >= 4 is 11.3 Å². The van der Waals surface area contributed by atoms with E-state index < -0.39 is 0 Å². The maximum absolute atomic E-state index is 5.33. The summed E-state index contributed by atoms with van der Waals surface area (Å²) in [5.74, 6) is 0.712. The van der Waals surface area contributed by atoms with Gasteiger partial charge >= 0.3 is 0 Å². The van der Waals surface area contributed by atoms with Crippen LogP contribution in [0, 0.1) is 5.92 Å². The Hall–Kier alpha value is -0.380. The highest BCUT2D eigenvalue weighted by Gasteiger charge is 2.15. The number of ether oxygens (including phenoxy) is 1. The van der Waals surface area contributed by atoms with Gasteiger partial charge in [-0.3, -0.25) is 0 Å². The van der Waals surface area contributed by atoms with Crippen LogP contribution in [-0.2, 0) is 11.2 Å². The Morgan fingerprint density at radius 3 is 3.27 bits per heavy atom. The van der Waals surface area contributed by atoms with Crippen molar-refractivity contribution < 1.29 is 4.74 Å². The second kappa shape index (κ2) is 5.64. The third-order valence-electron chi connectivity index (χ3n) is 2.81. The molecule has 0 saturated carbocycles. The van der Waals surface area contributed by atoms with E-state index in [9.17, 15) is 0 Å². The third kappa shape index (κ3) is 3.59. The Kier molecular flexibility index (Phi) is 4.18. The highest BCUT2D eigenvalue weighted by atomic mass is 32.1. The molecule has 1 aromatic heterocycles. The maximum atomic E-state index is 5.33. The highest BCUT2D eigenvalue weighted by molar-refractivity contribution is 7.09. The number of rotatable bonds is 5. The molecule has 0 radical (unpaired) electrons. The van der Waals surface area contributed by atoms with Crippen LogP contribution in [0.25, 0.3) is 0 Å². The zero-order valence-electron chi connectivity index (χ0n) is 9.24. The second-order valence-corrected chi connectivity index (χ2v) is 5.39. The van der Waals surface area contributed by atoms with Gasteiger partial charge in [0, 0.05) is 17.5 Å². The monoisotopic (exact) mass is 225 g/mol. The van der Waals surface area contributed by atoms with Gasteiger partial charge in [-0.15, -0.1) is 11.3 Å². The first kappa shape index (κ1) is 11.1. The molecule has 0 aliphatic carbocycles. The van der Waals surface area contributed by atoms with E-state index in [1.807, 2.05) is 11.3 Å². The zero-order chi connectivity index (χ0) is 10.5. The van der Waals surface area contributed by atoms with E-state index in [4.69, 9.17) is 4.74 Å². The summed E-state index contributed by atoms with van der Waals surface area (Å²) in [5.41, 5.74) is 0. The van der Waals surface area contributed by atoms with Crippen LogP contribution in [0.2, 0.25) is 0 Å². The number of hydrogen-bond donors (Lipinski definition) is 1. The first-order chi connectivity index (χ1) is 7.34. The van der Waals surface area contributed by atoms with Gasteiger partial charge in [-0.05, 0) is 36.8 Å². The van der Waals surface area contributed by atoms with Crippen LogP contribution in [0.5, 0.6) is 0 Å². The normalized spacial score (nSPS) is 23.1. The topological polar surface area (TPSA) is 21.3 Å². The fraction of sp³-hybridized carbons (Fsp3) is 0.667. The molecule has 1 saturated heterocycles. The molecular formula is C12H19NOS. The molecule has 0 bridgehead atoms. The zero-order valence-corrected chi connectivity index (χ0v) is 10.1. The lowest BCUT2D eigenvalue weighted by molar-refractivity contribution is 0.189. The number of hydrogen-bond acceptors (Lipinski definition) is 3. The van der Waals surface area contributed by atoms with Gasteiger partial charge in [0.05, 0.1) is 6.61 Å². The van der Waals surface area contributed by atoms with E-state index >= 15 is 0 Å². The molecule has 2 heterocycles. The molecule has 84 valence electrons. The van der Waals surface area contributed by atoms with Gasteiger partial charge in [-0.25, -0.2) is 0 Å². The molecule has 0 amide bonds. The molecule has 3 heteroatoms. The van der Waals surface area contributed by atoms with Crippen molar-refractivity contribution in [2.75, 3.05) is 19.8 Å². The summed E-state index contributed by atoms with van der Waals surface area (Å²) >= 11 is 1.86. The van der Waals surface area contributed by atoms with Gasteiger partial charge in [0.1, 0.15) is 0 Å². The van der Waals surface area contributed by atoms with Crippen molar-refractivity contribution in [3.05, 3.63) is 22.4 Å². The van der Waals surface area contributed by atoms with Crippen LogP contribution in [0.1, 0.15) is 18.2 Å². The average Bonchev–Trinajstić information content (AvgIpc) is 2.86. The summed E-state index contributed by atoms with van der Waals surface area (Å²) in [6, 6.07) is 4.95. The number of nitrogens with one attached hydrogen (secondary N) is 1.